The van der Waals surface area contributed by atoms with Crippen molar-refractivity contribution in [3.8, 4) is 6.07 Å². The number of anilines is 3. The van der Waals surface area contributed by atoms with Crippen molar-refractivity contribution in [1.29, 1.82) is 5.26 Å². The monoisotopic (exact) mass is 404 g/mol. The molecule has 2 aliphatic heterocycles. The van der Waals surface area contributed by atoms with Crippen molar-refractivity contribution < 1.29 is 0 Å². The molecule has 6 nitrogen and oxygen atoms in total. The van der Waals surface area contributed by atoms with Crippen molar-refractivity contribution in [1.82, 2.24) is 9.80 Å². The number of hydrogen-bond donors (Lipinski definition) is 1. The second kappa shape index (κ2) is 9.38. The molecule has 30 heavy (non-hydrogen) atoms. The maximum absolute atomic E-state index is 9.62. The van der Waals surface area contributed by atoms with Crippen LogP contribution in [0.5, 0.6) is 0 Å². The number of piperazine rings is 2. The minimum atomic E-state index is 0.804. The molecule has 158 valence electrons. The molecule has 2 aromatic rings. The highest BCUT2D eigenvalue weighted by molar-refractivity contribution is 5.56. The van der Waals surface area contributed by atoms with Crippen molar-refractivity contribution in [3.05, 3.63) is 53.6 Å². The Morgan fingerprint density at radius 1 is 0.833 bits per heavy atom. The Labute approximate surface area is 180 Å². The summed E-state index contributed by atoms with van der Waals surface area (Å²) < 4.78 is 0. The summed E-state index contributed by atoms with van der Waals surface area (Å²) >= 11 is 0. The topological polar surface area (TPSA) is 48.8 Å². The number of nitrogens with one attached hydrogen (secondary N) is 1. The highest BCUT2D eigenvalue weighted by Gasteiger charge is 2.20. The smallest absolute Gasteiger partial charge is 0.0995 e. The van der Waals surface area contributed by atoms with Gasteiger partial charge in [-0.2, -0.15) is 5.26 Å². The largest absolute Gasteiger partial charge is 0.388 e. The van der Waals surface area contributed by atoms with Crippen LogP contribution in [-0.4, -0.2) is 76.3 Å². The van der Waals surface area contributed by atoms with Gasteiger partial charge < -0.3 is 20.0 Å². The second-order valence-corrected chi connectivity index (χ2v) is 8.30. The van der Waals surface area contributed by atoms with Crippen LogP contribution in [0.4, 0.5) is 17.1 Å². The first-order valence-electron chi connectivity index (χ1n) is 10.9. The normalized spacial score (nSPS) is 18.3. The van der Waals surface area contributed by atoms with E-state index >= 15 is 0 Å². The van der Waals surface area contributed by atoms with Crippen molar-refractivity contribution >= 4 is 17.1 Å². The maximum Gasteiger partial charge on any atom is 0.0995 e. The summed E-state index contributed by atoms with van der Waals surface area (Å²) in [5, 5.41) is 12.8. The Morgan fingerprint density at radius 3 is 2.07 bits per heavy atom. The Hall–Kier alpha value is -2.75. The van der Waals surface area contributed by atoms with E-state index < -0.39 is 0 Å². The fraction of sp³-hybridized carbons (Fsp3) is 0.458. The van der Waals surface area contributed by atoms with Gasteiger partial charge in [0.15, 0.2) is 0 Å². The first-order valence-corrected chi connectivity index (χ1v) is 10.9. The molecule has 2 heterocycles. The summed E-state index contributed by atoms with van der Waals surface area (Å²) in [5.41, 5.74) is 5.63. The average molecular weight is 405 g/mol. The van der Waals surface area contributed by atoms with Crippen LogP contribution in [0.3, 0.4) is 0 Å². The fourth-order valence-electron chi connectivity index (χ4n) is 4.33. The summed E-state index contributed by atoms with van der Waals surface area (Å²) in [7, 11) is 4.12. The van der Waals surface area contributed by atoms with E-state index in [4.69, 9.17) is 0 Å². The van der Waals surface area contributed by atoms with Crippen LogP contribution in [0.1, 0.15) is 11.1 Å². The lowest BCUT2D eigenvalue weighted by Gasteiger charge is -2.37. The van der Waals surface area contributed by atoms with Gasteiger partial charge in [-0.3, -0.25) is 4.90 Å². The van der Waals surface area contributed by atoms with Crippen LogP contribution in [-0.2, 0) is 6.54 Å². The van der Waals surface area contributed by atoms with Gasteiger partial charge >= 0.3 is 0 Å². The number of nitriles is 1. The van der Waals surface area contributed by atoms with E-state index in [1.54, 1.807) is 0 Å². The molecular weight excluding hydrogens is 372 g/mol. The molecule has 4 rings (SSSR count). The number of likely N-dealkylation sites (N-methyl/N-ethyl adjacent to an activating group) is 1. The highest BCUT2D eigenvalue weighted by atomic mass is 15.3. The van der Waals surface area contributed by atoms with Crippen molar-refractivity contribution in [2.24, 2.45) is 0 Å². The molecule has 2 fully saturated rings. The van der Waals surface area contributed by atoms with E-state index in [2.05, 4.69) is 74.4 Å². The SMILES string of the molecule is CNc1ccc(N2CCN(Cc3cc(N4CCN(C)CC4)ccc3C#N)CC2)cc1. The molecule has 0 bridgehead atoms. The number of rotatable bonds is 5. The van der Waals surface area contributed by atoms with Crippen molar-refractivity contribution in [3.63, 3.8) is 0 Å². The van der Waals surface area contributed by atoms with Crippen LogP contribution >= 0.6 is 0 Å². The third kappa shape index (κ3) is 4.69. The Bertz CT molecular complexity index is 872. The van der Waals surface area contributed by atoms with Gasteiger partial charge in [-0.25, -0.2) is 0 Å². The molecule has 0 saturated carbocycles. The molecule has 2 saturated heterocycles. The Morgan fingerprint density at radius 2 is 1.43 bits per heavy atom. The average Bonchev–Trinajstić information content (AvgIpc) is 2.80. The van der Waals surface area contributed by atoms with E-state index in [-0.39, 0.29) is 0 Å². The third-order valence-corrected chi connectivity index (χ3v) is 6.37. The lowest BCUT2D eigenvalue weighted by molar-refractivity contribution is 0.249. The summed E-state index contributed by atoms with van der Waals surface area (Å²) in [6.07, 6.45) is 0. The molecule has 0 atom stereocenters. The molecular formula is C24H32N6. The summed E-state index contributed by atoms with van der Waals surface area (Å²) in [6, 6.07) is 17.4. The molecule has 0 spiro atoms. The predicted octanol–water partition coefficient (Wildman–Crippen LogP) is 2.67. The zero-order chi connectivity index (χ0) is 20.9. The Balaban J connectivity index is 1.39. The Kier molecular flexibility index (Phi) is 6.41. The van der Waals surface area contributed by atoms with Crippen molar-refractivity contribution in [2.45, 2.75) is 6.54 Å². The van der Waals surface area contributed by atoms with Crippen LogP contribution in [0.2, 0.25) is 0 Å². The van der Waals surface area contributed by atoms with Gasteiger partial charge in [0.25, 0.3) is 0 Å². The molecule has 0 amide bonds. The third-order valence-electron chi connectivity index (χ3n) is 6.37. The van der Waals surface area contributed by atoms with Crippen LogP contribution < -0.4 is 15.1 Å². The van der Waals surface area contributed by atoms with E-state index in [0.29, 0.717) is 0 Å². The van der Waals surface area contributed by atoms with Gasteiger partial charge in [0.1, 0.15) is 0 Å². The zero-order valence-electron chi connectivity index (χ0n) is 18.1. The van der Waals surface area contributed by atoms with Gasteiger partial charge in [-0.15, -0.1) is 0 Å². The van der Waals surface area contributed by atoms with E-state index in [0.717, 1.165) is 75.7 Å². The van der Waals surface area contributed by atoms with Gasteiger partial charge in [-0.1, -0.05) is 0 Å². The minimum absolute atomic E-state index is 0.804. The molecule has 2 aromatic carbocycles. The number of hydrogen-bond acceptors (Lipinski definition) is 6. The van der Waals surface area contributed by atoms with Gasteiger partial charge in [0.05, 0.1) is 11.6 Å². The molecule has 1 N–H and O–H groups in total. The fourth-order valence-corrected chi connectivity index (χ4v) is 4.33. The summed E-state index contributed by atoms with van der Waals surface area (Å²) in [5.74, 6) is 0. The van der Waals surface area contributed by atoms with E-state index in [1.807, 2.05) is 13.1 Å². The second-order valence-electron chi connectivity index (χ2n) is 8.30. The molecule has 6 heteroatoms. The maximum atomic E-state index is 9.62. The molecule has 0 aliphatic carbocycles. The lowest BCUT2D eigenvalue weighted by Crippen LogP contribution is -2.46. The predicted molar refractivity (Wildman–Crippen MR) is 124 cm³/mol. The van der Waals surface area contributed by atoms with Gasteiger partial charge in [0.2, 0.25) is 0 Å². The zero-order valence-corrected chi connectivity index (χ0v) is 18.1. The number of nitrogens with zero attached hydrogens (tertiary/aromatic N) is 5. The molecule has 2 aliphatic rings. The first kappa shape index (κ1) is 20.5. The first-order chi connectivity index (χ1) is 14.7. The lowest BCUT2D eigenvalue weighted by atomic mass is 10.1. The highest BCUT2D eigenvalue weighted by Crippen LogP contribution is 2.24. The molecule has 0 radical (unpaired) electrons. The molecule has 0 unspecified atom stereocenters. The van der Waals surface area contributed by atoms with Crippen LogP contribution in [0, 0.1) is 11.3 Å². The van der Waals surface area contributed by atoms with Crippen molar-refractivity contribution in [2.75, 3.05) is 81.6 Å². The van der Waals surface area contributed by atoms with Gasteiger partial charge in [-0.05, 0) is 55.1 Å². The van der Waals surface area contributed by atoms with Gasteiger partial charge in [0, 0.05) is 83.0 Å². The summed E-state index contributed by atoms with van der Waals surface area (Å²) in [6.45, 7) is 9.17. The standard InChI is InChI=1S/C24H32N6/c1-26-22-4-7-23(8-5-22)29-15-11-28(12-16-29)19-21-17-24(6-3-20(21)18-25)30-13-9-27(2)10-14-30/h3-8,17,26H,9-16,19H2,1-2H3. The number of benzene rings is 2. The van der Waals surface area contributed by atoms with Crippen LogP contribution in [0.25, 0.3) is 0 Å². The quantitative estimate of drug-likeness (QED) is 0.827. The van der Waals surface area contributed by atoms with E-state index in [9.17, 15) is 5.26 Å². The van der Waals surface area contributed by atoms with E-state index in [1.165, 1.54) is 11.4 Å². The minimum Gasteiger partial charge on any atom is -0.388 e. The molecule has 0 aromatic heterocycles. The van der Waals surface area contributed by atoms with Crippen LogP contribution in [0.15, 0.2) is 42.5 Å². The summed E-state index contributed by atoms with van der Waals surface area (Å²) in [4.78, 5) is 9.73.